The first-order valence-electron chi connectivity index (χ1n) is 7.45. The lowest BCUT2D eigenvalue weighted by atomic mass is 10.2. The Morgan fingerprint density at radius 3 is 2.77 bits per heavy atom. The van der Waals surface area contributed by atoms with E-state index >= 15 is 0 Å². The molecule has 0 saturated heterocycles. The molecule has 0 unspecified atom stereocenters. The van der Waals surface area contributed by atoms with Gasteiger partial charge in [-0.1, -0.05) is 17.7 Å². The second-order valence-corrected chi connectivity index (χ2v) is 5.70. The Bertz CT molecular complexity index is 1040. The molecule has 0 aliphatic heterocycles. The van der Waals surface area contributed by atoms with Crippen LogP contribution in [-0.4, -0.2) is 20.4 Å². The SMILES string of the molecule is Cn1cc(Nc2ncnc(Cl)c2NC(=O)c2cccc(F)c2)ccc1=O. The van der Waals surface area contributed by atoms with Crippen molar-refractivity contribution in [3.63, 3.8) is 0 Å². The predicted molar refractivity (Wildman–Crippen MR) is 96.4 cm³/mol. The molecule has 9 heteroatoms. The van der Waals surface area contributed by atoms with E-state index in [-0.39, 0.29) is 27.8 Å². The normalized spacial score (nSPS) is 10.4. The van der Waals surface area contributed by atoms with Gasteiger partial charge in [0.1, 0.15) is 17.8 Å². The van der Waals surface area contributed by atoms with Crippen LogP contribution in [0.3, 0.4) is 0 Å². The standard InChI is InChI=1S/C17H13ClFN5O2/c1-24-8-12(5-6-13(24)25)22-16-14(15(18)20-9-21-16)23-17(26)10-3-2-4-11(19)7-10/h2-9H,1H3,(H,23,26)(H,20,21,22). The number of hydrogen-bond acceptors (Lipinski definition) is 5. The number of amides is 1. The Labute approximate surface area is 152 Å². The van der Waals surface area contributed by atoms with Crippen LogP contribution in [0.2, 0.25) is 5.15 Å². The van der Waals surface area contributed by atoms with Crippen LogP contribution in [0.25, 0.3) is 0 Å². The molecule has 0 aliphatic carbocycles. The van der Waals surface area contributed by atoms with Crippen molar-refractivity contribution in [2.45, 2.75) is 0 Å². The number of aryl methyl sites for hydroxylation is 1. The summed E-state index contributed by atoms with van der Waals surface area (Å²) < 4.78 is 14.7. The number of nitrogens with one attached hydrogen (secondary N) is 2. The number of hydrogen-bond donors (Lipinski definition) is 2. The lowest BCUT2D eigenvalue weighted by Gasteiger charge is -2.13. The van der Waals surface area contributed by atoms with Gasteiger partial charge in [0.15, 0.2) is 11.0 Å². The maximum atomic E-state index is 13.3. The third-order valence-corrected chi connectivity index (χ3v) is 3.76. The molecule has 3 aromatic rings. The third-order valence-electron chi connectivity index (χ3n) is 3.47. The maximum absolute atomic E-state index is 13.3. The Balaban J connectivity index is 1.91. The number of halogens is 2. The lowest BCUT2D eigenvalue weighted by Crippen LogP contribution is -2.16. The zero-order chi connectivity index (χ0) is 18.7. The van der Waals surface area contributed by atoms with Gasteiger partial charge in [0, 0.05) is 24.9 Å². The average Bonchev–Trinajstić information content (AvgIpc) is 2.61. The first kappa shape index (κ1) is 17.6. The Morgan fingerprint density at radius 2 is 2.04 bits per heavy atom. The number of carbonyl (C=O) groups is 1. The van der Waals surface area contributed by atoms with Crippen LogP contribution in [0, 0.1) is 5.82 Å². The predicted octanol–water partition coefficient (Wildman–Crippen LogP) is 2.96. The van der Waals surface area contributed by atoms with Crippen molar-refractivity contribution in [1.29, 1.82) is 0 Å². The van der Waals surface area contributed by atoms with E-state index in [4.69, 9.17) is 11.6 Å². The number of nitrogens with zero attached hydrogens (tertiary/aromatic N) is 3. The number of rotatable bonds is 4. The van der Waals surface area contributed by atoms with Crippen LogP contribution >= 0.6 is 11.6 Å². The van der Waals surface area contributed by atoms with Crippen molar-refractivity contribution in [3.05, 3.63) is 75.8 Å². The fourth-order valence-electron chi connectivity index (χ4n) is 2.19. The molecule has 3 rings (SSSR count). The van der Waals surface area contributed by atoms with Crippen LogP contribution in [0.1, 0.15) is 10.4 Å². The highest BCUT2D eigenvalue weighted by atomic mass is 35.5. The molecule has 0 bridgehead atoms. The van der Waals surface area contributed by atoms with E-state index in [1.54, 1.807) is 19.3 Å². The first-order chi connectivity index (χ1) is 12.4. The molecule has 2 N–H and O–H groups in total. The van der Waals surface area contributed by atoms with Crippen molar-refractivity contribution in [3.8, 4) is 0 Å². The zero-order valence-electron chi connectivity index (χ0n) is 13.5. The highest BCUT2D eigenvalue weighted by molar-refractivity contribution is 6.33. The van der Waals surface area contributed by atoms with E-state index in [2.05, 4.69) is 20.6 Å². The molecule has 1 aromatic carbocycles. The second kappa shape index (κ2) is 7.32. The Kier molecular flexibility index (Phi) is 4.94. The summed E-state index contributed by atoms with van der Waals surface area (Å²) in [5.41, 5.74) is 0.647. The molecule has 0 aliphatic rings. The van der Waals surface area contributed by atoms with E-state index in [1.165, 1.54) is 35.2 Å². The minimum absolute atomic E-state index is 0.0112. The van der Waals surface area contributed by atoms with Crippen molar-refractivity contribution in [2.75, 3.05) is 10.6 Å². The number of benzene rings is 1. The van der Waals surface area contributed by atoms with Gasteiger partial charge in [-0.15, -0.1) is 0 Å². The van der Waals surface area contributed by atoms with Gasteiger partial charge in [-0.05, 0) is 24.3 Å². The summed E-state index contributed by atoms with van der Waals surface area (Å²) in [7, 11) is 1.60. The summed E-state index contributed by atoms with van der Waals surface area (Å²) in [5, 5.41) is 5.55. The molecule has 0 saturated carbocycles. The minimum atomic E-state index is -0.565. The monoisotopic (exact) mass is 373 g/mol. The van der Waals surface area contributed by atoms with E-state index < -0.39 is 11.7 Å². The molecular weight excluding hydrogens is 361 g/mol. The molecule has 0 fully saturated rings. The van der Waals surface area contributed by atoms with Crippen LogP contribution < -0.4 is 16.2 Å². The summed E-state index contributed by atoms with van der Waals surface area (Å²) in [6.07, 6.45) is 2.79. The van der Waals surface area contributed by atoms with Gasteiger partial charge in [0.2, 0.25) is 5.56 Å². The highest BCUT2D eigenvalue weighted by Crippen LogP contribution is 2.29. The van der Waals surface area contributed by atoms with Gasteiger partial charge >= 0.3 is 0 Å². The van der Waals surface area contributed by atoms with Gasteiger partial charge in [0.05, 0.1) is 5.69 Å². The molecule has 2 aromatic heterocycles. The average molecular weight is 374 g/mol. The third kappa shape index (κ3) is 3.86. The number of pyridine rings is 1. The fourth-order valence-corrected chi connectivity index (χ4v) is 2.37. The summed E-state index contributed by atoms with van der Waals surface area (Å²) in [5.74, 6) is -0.866. The number of carbonyl (C=O) groups excluding carboxylic acids is 1. The summed E-state index contributed by atoms with van der Waals surface area (Å²) >= 11 is 6.08. The Morgan fingerprint density at radius 1 is 1.23 bits per heavy atom. The lowest BCUT2D eigenvalue weighted by molar-refractivity contribution is 0.102. The molecule has 1 amide bonds. The smallest absolute Gasteiger partial charge is 0.255 e. The van der Waals surface area contributed by atoms with Gasteiger partial charge < -0.3 is 15.2 Å². The first-order valence-corrected chi connectivity index (χ1v) is 7.83. The number of aromatic nitrogens is 3. The van der Waals surface area contributed by atoms with E-state index in [0.717, 1.165) is 6.07 Å². The molecular formula is C17H13ClFN5O2. The molecule has 132 valence electrons. The minimum Gasteiger partial charge on any atom is -0.337 e. The van der Waals surface area contributed by atoms with Crippen molar-refractivity contribution in [1.82, 2.24) is 14.5 Å². The number of anilines is 3. The largest absolute Gasteiger partial charge is 0.337 e. The van der Waals surface area contributed by atoms with Crippen molar-refractivity contribution < 1.29 is 9.18 Å². The van der Waals surface area contributed by atoms with Crippen molar-refractivity contribution in [2.24, 2.45) is 7.05 Å². The molecule has 0 spiro atoms. The van der Waals surface area contributed by atoms with Gasteiger partial charge in [-0.3, -0.25) is 9.59 Å². The molecule has 26 heavy (non-hydrogen) atoms. The quantitative estimate of drug-likeness (QED) is 0.686. The topological polar surface area (TPSA) is 88.9 Å². The van der Waals surface area contributed by atoms with Gasteiger partial charge in [-0.25, -0.2) is 14.4 Å². The summed E-state index contributed by atoms with van der Waals surface area (Å²) in [6.45, 7) is 0. The van der Waals surface area contributed by atoms with E-state index in [0.29, 0.717) is 5.69 Å². The summed E-state index contributed by atoms with van der Waals surface area (Å²) in [6, 6.07) is 8.19. The van der Waals surface area contributed by atoms with Crippen LogP contribution in [0.15, 0.2) is 53.7 Å². The van der Waals surface area contributed by atoms with Gasteiger partial charge in [0.25, 0.3) is 5.91 Å². The fraction of sp³-hybridized carbons (Fsp3) is 0.0588. The van der Waals surface area contributed by atoms with Crippen LogP contribution in [-0.2, 0) is 7.05 Å². The Hall–Kier alpha value is -3.26. The highest BCUT2D eigenvalue weighted by Gasteiger charge is 2.15. The molecule has 7 nitrogen and oxygen atoms in total. The van der Waals surface area contributed by atoms with E-state index in [1.807, 2.05) is 0 Å². The zero-order valence-corrected chi connectivity index (χ0v) is 14.3. The molecule has 0 atom stereocenters. The summed E-state index contributed by atoms with van der Waals surface area (Å²) in [4.78, 5) is 31.7. The van der Waals surface area contributed by atoms with E-state index in [9.17, 15) is 14.0 Å². The van der Waals surface area contributed by atoms with Crippen LogP contribution in [0.4, 0.5) is 21.6 Å². The maximum Gasteiger partial charge on any atom is 0.255 e. The van der Waals surface area contributed by atoms with Gasteiger partial charge in [-0.2, -0.15) is 0 Å². The molecule has 2 heterocycles. The molecule has 0 radical (unpaired) electrons. The van der Waals surface area contributed by atoms with Crippen molar-refractivity contribution >= 4 is 34.7 Å². The second-order valence-electron chi connectivity index (χ2n) is 5.34. The van der Waals surface area contributed by atoms with Crippen LogP contribution in [0.5, 0.6) is 0 Å².